The number of nitrogens with zero attached hydrogens (tertiary/aromatic N) is 2. The van der Waals surface area contributed by atoms with Crippen LogP contribution in [0.5, 0.6) is 5.75 Å². The van der Waals surface area contributed by atoms with E-state index in [1.165, 1.54) is 10.4 Å². The number of ether oxygens (including phenoxy) is 1. The fourth-order valence-corrected chi connectivity index (χ4v) is 3.04. The molecule has 0 amide bonds. The summed E-state index contributed by atoms with van der Waals surface area (Å²) in [7, 11) is 0. The molecule has 5 nitrogen and oxygen atoms in total. The summed E-state index contributed by atoms with van der Waals surface area (Å²) in [4.78, 5) is 10.2. The summed E-state index contributed by atoms with van der Waals surface area (Å²) in [5.41, 5.74) is 2.30. The van der Waals surface area contributed by atoms with Crippen LogP contribution in [-0.4, -0.2) is 24.1 Å². The van der Waals surface area contributed by atoms with Crippen molar-refractivity contribution in [3.05, 3.63) is 45.4 Å². The maximum atomic E-state index is 5.87. The predicted molar refractivity (Wildman–Crippen MR) is 121 cm³/mol. The van der Waals surface area contributed by atoms with Crippen LogP contribution in [0.25, 0.3) is 0 Å². The van der Waals surface area contributed by atoms with Crippen LogP contribution in [0, 0.1) is 13.8 Å². The molecule has 2 aromatic rings. The van der Waals surface area contributed by atoms with Crippen LogP contribution in [0.1, 0.15) is 41.3 Å². The van der Waals surface area contributed by atoms with E-state index in [0.29, 0.717) is 6.54 Å². The van der Waals surface area contributed by atoms with E-state index < -0.39 is 0 Å². The minimum Gasteiger partial charge on any atom is -0.493 e. The van der Waals surface area contributed by atoms with Gasteiger partial charge in [-0.3, -0.25) is 0 Å². The minimum absolute atomic E-state index is 0. The second-order valence-corrected chi connectivity index (χ2v) is 7.17. The number of nitrogens with one attached hydrogen (secondary N) is 2. The fraction of sp³-hybridized carbons (Fsp3) is 0.474. The zero-order chi connectivity index (χ0) is 18.1. The van der Waals surface area contributed by atoms with Gasteiger partial charge in [0.2, 0.25) is 0 Å². The van der Waals surface area contributed by atoms with Crippen molar-refractivity contribution in [2.75, 3.05) is 13.2 Å². The van der Waals surface area contributed by atoms with Gasteiger partial charge in [0.15, 0.2) is 5.96 Å². The molecule has 0 aliphatic rings. The summed E-state index contributed by atoms with van der Waals surface area (Å²) in [6.45, 7) is 11.1. The molecule has 0 unspecified atom stereocenters. The smallest absolute Gasteiger partial charge is 0.191 e. The standard InChI is InChI=1S/C19H28N4OS.HI/c1-5-9-24-18-10-14(3)7-8-16(18)11-22-19(20-6-2)23-13-17-12-21-15(4)25-17;/h7-8,10,12H,5-6,9,11,13H2,1-4H3,(H2,20,22,23);1H. The van der Waals surface area contributed by atoms with Gasteiger partial charge in [-0.05, 0) is 38.8 Å². The number of hydrogen-bond donors (Lipinski definition) is 2. The summed E-state index contributed by atoms with van der Waals surface area (Å²) in [6.07, 6.45) is 2.91. The maximum absolute atomic E-state index is 5.87. The second-order valence-electron chi connectivity index (χ2n) is 5.85. The quantitative estimate of drug-likeness (QED) is 0.328. The second kappa shape index (κ2) is 12.1. The Hall–Kier alpha value is -1.35. The van der Waals surface area contributed by atoms with Crippen LogP contribution in [0.15, 0.2) is 29.4 Å². The number of halogens is 1. The predicted octanol–water partition coefficient (Wildman–Crippen LogP) is 4.42. The fourth-order valence-electron chi connectivity index (χ4n) is 2.30. The summed E-state index contributed by atoms with van der Waals surface area (Å²) < 4.78 is 5.87. The summed E-state index contributed by atoms with van der Waals surface area (Å²) in [5, 5.41) is 7.73. The van der Waals surface area contributed by atoms with Crippen molar-refractivity contribution in [3.8, 4) is 5.75 Å². The van der Waals surface area contributed by atoms with E-state index in [1.807, 2.05) is 13.1 Å². The number of aliphatic imine (C=N–C) groups is 1. The molecule has 0 radical (unpaired) electrons. The van der Waals surface area contributed by atoms with Crippen molar-refractivity contribution in [1.82, 2.24) is 15.6 Å². The molecule has 0 aliphatic carbocycles. The first kappa shape index (κ1) is 22.7. The van der Waals surface area contributed by atoms with Crippen molar-refractivity contribution in [2.24, 2.45) is 4.99 Å². The van der Waals surface area contributed by atoms with Gasteiger partial charge in [-0.25, -0.2) is 9.98 Å². The average Bonchev–Trinajstić information content (AvgIpc) is 3.02. The van der Waals surface area contributed by atoms with E-state index in [0.717, 1.165) is 48.4 Å². The number of rotatable bonds is 8. The lowest BCUT2D eigenvalue weighted by molar-refractivity contribution is 0.314. The first-order chi connectivity index (χ1) is 12.1. The Kier molecular flexibility index (Phi) is 10.6. The first-order valence-electron chi connectivity index (χ1n) is 8.78. The number of thiazole rings is 1. The molecule has 144 valence electrons. The molecule has 0 bridgehead atoms. The Bertz CT molecular complexity index is 703. The van der Waals surface area contributed by atoms with Crippen LogP contribution in [0.4, 0.5) is 0 Å². The normalized spacial score (nSPS) is 11.0. The van der Waals surface area contributed by atoms with Crippen molar-refractivity contribution in [1.29, 1.82) is 0 Å². The average molecular weight is 488 g/mol. The Morgan fingerprint density at radius 3 is 2.69 bits per heavy atom. The highest BCUT2D eigenvalue weighted by Crippen LogP contribution is 2.21. The molecule has 1 aromatic heterocycles. The van der Waals surface area contributed by atoms with Crippen molar-refractivity contribution in [2.45, 2.75) is 47.2 Å². The molecular weight excluding hydrogens is 459 g/mol. The molecule has 2 rings (SSSR count). The molecule has 0 spiro atoms. The van der Waals surface area contributed by atoms with E-state index >= 15 is 0 Å². The lowest BCUT2D eigenvalue weighted by Crippen LogP contribution is -2.36. The molecule has 1 aromatic carbocycles. The Morgan fingerprint density at radius 2 is 2.04 bits per heavy atom. The van der Waals surface area contributed by atoms with Crippen molar-refractivity contribution in [3.63, 3.8) is 0 Å². The van der Waals surface area contributed by atoms with Crippen molar-refractivity contribution < 1.29 is 4.74 Å². The molecular formula is C19H29IN4OS. The van der Waals surface area contributed by atoms with E-state index in [1.54, 1.807) is 11.3 Å². The summed E-state index contributed by atoms with van der Waals surface area (Å²) in [6, 6.07) is 6.28. The maximum Gasteiger partial charge on any atom is 0.191 e. The topological polar surface area (TPSA) is 58.5 Å². The van der Waals surface area contributed by atoms with E-state index in [9.17, 15) is 0 Å². The highest BCUT2D eigenvalue weighted by Gasteiger charge is 2.06. The number of benzene rings is 1. The van der Waals surface area contributed by atoms with E-state index in [4.69, 9.17) is 9.73 Å². The molecule has 7 heteroatoms. The van der Waals surface area contributed by atoms with Gasteiger partial charge < -0.3 is 15.4 Å². The summed E-state index contributed by atoms with van der Waals surface area (Å²) >= 11 is 1.70. The van der Waals surface area contributed by atoms with Crippen LogP contribution >= 0.6 is 35.3 Å². The van der Waals surface area contributed by atoms with Gasteiger partial charge in [0, 0.05) is 23.2 Å². The third kappa shape index (κ3) is 7.49. The largest absolute Gasteiger partial charge is 0.493 e. The number of aryl methyl sites for hydroxylation is 2. The third-order valence-electron chi connectivity index (χ3n) is 3.54. The third-order valence-corrected chi connectivity index (χ3v) is 4.45. The summed E-state index contributed by atoms with van der Waals surface area (Å²) in [5.74, 6) is 1.73. The highest BCUT2D eigenvalue weighted by molar-refractivity contribution is 14.0. The zero-order valence-corrected chi connectivity index (χ0v) is 19.1. The van der Waals surface area contributed by atoms with Crippen LogP contribution in [0.3, 0.4) is 0 Å². The Labute approximate surface area is 177 Å². The first-order valence-corrected chi connectivity index (χ1v) is 9.59. The number of hydrogen-bond acceptors (Lipinski definition) is 4. The van der Waals surface area contributed by atoms with Crippen molar-refractivity contribution >= 4 is 41.3 Å². The van der Waals surface area contributed by atoms with E-state index in [-0.39, 0.29) is 24.0 Å². The molecule has 0 saturated carbocycles. The van der Waals surface area contributed by atoms with Gasteiger partial charge >= 0.3 is 0 Å². The molecule has 26 heavy (non-hydrogen) atoms. The van der Waals surface area contributed by atoms with Gasteiger partial charge in [0.05, 0.1) is 24.7 Å². The molecule has 0 saturated heterocycles. The van der Waals surface area contributed by atoms with Crippen LogP contribution in [0.2, 0.25) is 0 Å². The number of guanidine groups is 1. The van der Waals surface area contributed by atoms with Crippen LogP contribution in [-0.2, 0) is 13.1 Å². The SMILES string of the molecule is CCCOc1cc(C)ccc1CN=C(NCC)NCc1cnc(C)s1.I. The zero-order valence-electron chi connectivity index (χ0n) is 16.0. The van der Waals surface area contributed by atoms with E-state index in [2.05, 4.69) is 54.6 Å². The van der Waals surface area contributed by atoms with Gasteiger partial charge in [-0.2, -0.15) is 0 Å². The lowest BCUT2D eigenvalue weighted by Gasteiger charge is -2.13. The van der Waals surface area contributed by atoms with Gasteiger partial charge in [-0.15, -0.1) is 35.3 Å². The Balaban J connectivity index is 0.00000338. The van der Waals surface area contributed by atoms with Crippen LogP contribution < -0.4 is 15.4 Å². The minimum atomic E-state index is 0. The van der Waals surface area contributed by atoms with Gasteiger partial charge in [0.1, 0.15) is 5.75 Å². The highest BCUT2D eigenvalue weighted by atomic mass is 127. The van der Waals surface area contributed by atoms with Gasteiger partial charge in [-0.1, -0.05) is 19.1 Å². The molecule has 0 aliphatic heterocycles. The molecule has 1 heterocycles. The molecule has 0 atom stereocenters. The molecule has 2 N–H and O–H groups in total. The monoisotopic (exact) mass is 488 g/mol. The molecule has 0 fully saturated rings. The van der Waals surface area contributed by atoms with Gasteiger partial charge in [0.25, 0.3) is 0 Å². The Morgan fingerprint density at radius 1 is 1.23 bits per heavy atom. The lowest BCUT2D eigenvalue weighted by atomic mass is 10.1. The number of aromatic nitrogens is 1.